The number of nitrogens with zero attached hydrogens (tertiary/aromatic N) is 3. The Balaban J connectivity index is 1.18. The molecule has 0 radical (unpaired) electrons. The average molecular weight is 662 g/mol. The Bertz CT molecular complexity index is 2950. The zero-order chi connectivity index (χ0) is 34.4. The van der Waals surface area contributed by atoms with Gasteiger partial charge in [-0.15, -0.1) is 0 Å². The summed E-state index contributed by atoms with van der Waals surface area (Å²) in [6.45, 7) is 0. The molecule has 0 aliphatic carbocycles. The quantitative estimate of drug-likeness (QED) is 0.172. The summed E-state index contributed by atoms with van der Waals surface area (Å²) in [5.41, 5.74) is 7.39. The third-order valence-corrected chi connectivity index (χ3v) is 10.1. The van der Waals surface area contributed by atoms with E-state index in [-0.39, 0.29) is 0 Å². The molecule has 1 aromatic heterocycles. The molecule has 10 rings (SSSR count). The van der Waals surface area contributed by atoms with E-state index in [1.807, 2.05) is 24.3 Å². The number of fused-ring (bicyclic) bond motifs is 8. The number of hydrogen-bond donors (Lipinski definition) is 0. The lowest BCUT2D eigenvalue weighted by atomic mass is 9.87. The molecule has 0 saturated carbocycles. The molecule has 1 heterocycles. The summed E-state index contributed by atoms with van der Waals surface area (Å²) in [6.07, 6.45) is 0. The zero-order valence-corrected chi connectivity index (χ0v) is 28.2. The minimum Gasteiger partial charge on any atom is -0.208 e. The lowest BCUT2D eigenvalue weighted by Crippen LogP contribution is -2.00. The van der Waals surface area contributed by atoms with Gasteiger partial charge >= 0.3 is 0 Å². The van der Waals surface area contributed by atoms with E-state index in [0.717, 1.165) is 33.4 Å². The first kappa shape index (κ1) is 29.9. The van der Waals surface area contributed by atoms with Crippen LogP contribution in [0.4, 0.5) is 0 Å². The molecule has 0 aliphatic heterocycles. The first-order valence-electron chi connectivity index (χ1n) is 17.6. The van der Waals surface area contributed by atoms with Crippen molar-refractivity contribution in [3.05, 3.63) is 188 Å². The number of hydrogen-bond acceptors (Lipinski definition) is 3. The molecule has 3 nitrogen and oxygen atoms in total. The summed E-state index contributed by atoms with van der Waals surface area (Å²) in [5, 5.41) is 10.1. The molecular formula is C49H31N3. The summed E-state index contributed by atoms with van der Waals surface area (Å²) in [5.74, 6) is 1.92. The predicted octanol–water partition coefficient (Wildman–Crippen LogP) is 12.8. The fraction of sp³-hybridized carbons (Fsp3) is 0. The van der Waals surface area contributed by atoms with Gasteiger partial charge in [-0.05, 0) is 83.5 Å². The van der Waals surface area contributed by atoms with Gasteiger partial charge in [-0.25, -0.2) is 15.0 Å². The zero-order valence-electron chi connectivity index (χ0n) is 28.2. The Morgan fingerprint density at radius 3 is 1.23 bits per heavy atom. The average Bonchev–Trinajstić information content (AvgIpc) is 3.24. The molecule has 0 N–H and O–H groups in total. The number of rotatable bonds is 5. The van der Waals surface area contributed by atoms with Gasteiger partial charge in [0, 0.05) is 16.7 Å². The van der Waals surface area contributed by atoms with Crippen molar-refractivity contribution in [3.63, 3.8) is 0 Å². The van der Waals surface area contributed by atoms with Gasteiger partial charge in [-0.2, -0.15) is 0 Å². The molecule has 0 spiro atoms. The van der Waals surface area contributed by atoms with Gasteiger partial charge < -0.3 is 0 Å². The van der Waals surface area contributed by atoms with Crippen LogP contribution < -0.4 is 0 Å². The van der Waals surface area contributed by atoms with Crippen molar-refractivity contribution in [2.45, 2.75) is 0 Å². The van der Waals surface area contributed by atoms with E-state index in [1.165, 1.54) is 48.7 Å². The first-order chi connectivity index (χ1) is 25.8. The van der Waals surface area contributed by atoms with E-state index < -0.39 is 0 Å². The number of aromatic nitrogens is 3. The Hall–Kier alpha value is -6.97. The summed E-state index contributed by atoms with van der Waals surface area (Å²) in [7, 11) is 0. The maximum atomic E-state index is 5.13. The smallest absolute Gasteiger partial charge is 0.164 e. The molecular weight excluding hydrogens is 631 g/mol. The minimum absolute atomic E-state index is 0.636. The highest BCUT2D eigenvalue weighted by Crippen LogP contribution is 2.43. The second kappa shape index (κ2) is 12.4. The molecule has 0 amide bonds. The molecule has 0 atom stereocenters. The van der Waals surface area contributed by atoms with Crippen LogP contribution in [-0.4, -0.2) is 15.0 Å². The second-order valence-electron chi connectivity index (χ2n) is 13.2. The summed E-state index contributed by atoms with van der Waals surface area (Å²) < 4.78 is 0. The van der Waals surface area contributed by atoms with Crippen LogP contribution >= 0.6 is 0 Å². The van der Waals surface area contributed by atoms with Crippen LogP contribution in [0.15, 0.2) is 188 Å². The van der Waals surface area contributed by atoms with E-state index in [2.05, 4.69) is 164 Å². The third-order valence-electron chi connectivity index (χ3n) is 10.1. The van der Waals surface area contributed by atoms with Crippen molar-refractivity contribution in [2.75, 3.05) is 0 Å². The Morgan fingerprint density at radius 2 is 0.615 bits per heavy atom. The van der Waals surface area contributed by atoms with E-state index in [4.69, 9.17) is 15.0 Å². The maximum Gasteiger partial charge on any atom is 0.164 e. The van der Waals surface area contributed by atoms with E-state index in [9.17, 15) is 0 Å². The predicted molar refractivity (Wildman–Crippen MR) is 217 cm³/mol. The Morgan fingerprint density at radius 1 is 0.231 bits per heavy atom. The van der Waals surface area contributed by atoms with Crippen molar-refractivity contribution in [3.8, 4) is 56.4 Å². The van der Waals surface area contributed by atoms with Gasteiger partial charge in [0.15, 0.2) is 17.5 Å². The molecule has 0 unspecified atom stereocenters. The molecule has 52 heavy (non-hydrogen) atoms. The first-order valence-corrected chi connectivity index (χ1v) is 17.6. The number of benzene rings is 9. The lowest BCUT2D eigenvalue weighted by molar-refractivity contribution is 1.07. The highest BCUT2D eigenvalue weighted by molar-refractivity contribution is 6.33. The van der Waals surface area contributed by atoms with Crippen LogP contribution in [0.5, 0.6) is 0 Å². The van der Waals surface area contributed by atoms with E-state index in [1.54, 1.807) is 0 Å². The van der Waals surface area contributed by atoms with Crippen LogP contribution in [0.25, 0.3) is 99.5 Å². The van der Waals surface area contributed by atoms with Gasteiger partial charge in [-0.1, -0.05) is 170 Å². The minimum atomic E-state index is 0.636. The van der Waals surface area contributed by atoms with Crippen LogP contribution in [0.3, 0.4) is 0 Å². The maximum absolute atomic E-state index is 5.13. The molecule has 3 heteroatoms. The van der Waals surface area contributed by atoms with Crippen LogP contribution in [0.2, 0.25) is 0 Å². The largest absolute Gasteiger partial charge is 0.208 e. The Kier molecular flexibility index (Phi) is 7.14. The fourth-order valence-corrected chi connectivity index (χ4v) is 7.65. The van der Waals surface area contributed by atoms with Gasteiger partial charge in [0.2, 0.25) is 0 Å². The van der Waals surface area contributed by atoms with Crippen molar-refractivity contribution >= 4 is 43.1 Å². The lowest BCUT2D eigenvalue weighted by Gasteiger charge is -2.16. The monoisotopic (exact) mass is 661 g/mol. The normalized spacial score (nSPS) is 11.5. The molecule has 0 fully saturated rings. The summed E-state index contributed by atoms with van der Waals surface area (Å²) in [4.78, 5) is 15.2. The third kappa shape index (κ3) is 5.10. The van der Waals surface area contributed by atoms with Gasteiger partial charge in [0.25, 0.3) is 0 Å². The SMILES string of the molecule is c1ccc(-c2cccc(-c3nc(-c4ccccc4)nc(-c4cccc(-c5cc6c7ccccc7c7ccccc7c6c6ccccc56)c4)n3)c2)cc1. The molecule has 0 saturated heterocycles. The second-order valence-corrected chi connectivity index (χ2v) is 13.2. The van der Waals surface area contributed by atoms with E-state index in [0.29, 0.717) is 17.5 Å². The van der Waals surface area contributed by atoms with E-state index >= 15 is 0 Å². The fourth-order valence-electron chi connectivity index (χ4n) is 7.65. The van der Waals surface area contributed by atoms with Crippen molar-refractivity contribution in [2.24, 2.45) is 0 Å². The Labute approximate surface area is 301 Å². The van der Waals surface area contributed by atoms with Crippen LogP contribution in [-0.2, 0) is 0 Å². The van der Waals surface area contributed by atoms with Gasteiger partial charge in [-0.3, -0.25) is 0 Å². The summed E-state index contributed by atoms with van der Waals surface area (Å²) >= 11 is 0. The molecule has 0 bridgehead atoms. The molecule has 10 aromatic rings. The van der Waals surface area contributed by atoms with Crippen molar-refractivity contribution in [1.29, 1.82) is 0 Å². The van der Waals surface area contributed by atoms with Gasteiger partial charge in [0.1, 0.15) is 0 Å². The van der Waals surface area contributed by atoms with Crippen molar-refractivity contribution in [1.82, 2.24) is 15.0 Å². The van der Waals surface area contributed by atoms with Crippen molar-refractivity contribution < 1.29 is 0 Å². The topological polar surface area (TPSA) is 38.7 Å². The van der Waals surface area contributed by atoms with Gasteiger partial charge in [0.05, 0.1) is 0 Å². The summed E-state index contributed by atoms with van der Waals surface area (Å²) in [6, 6.07) is 66.4. The highest BCUT2D eigenvalue weighted by atomic mass is 15.0. The van der Waals surface area contributed by atoms with Crippen LogP contribution in [0, 0.1) is 0 Å². The molecule has 242 valence electrons. The standard InChI is InChI=1S/C49H31N3/c1-3-15-32(16-4-1)34-19-13-21-36(29-34)48-50-47(33-17-5-2-6-18-33)51-49(52-48)37-22-14-20-35(30-37)44-31-45-40-25-8-7-23-38(40)39-24-9-11-27-42(39)46(45)43-28-12-10-26-41(43)44/h1-31H. The molecule has 9 aromatic carbocycles. The van der Waals surface area contributed by atoms with Crippen LogP contribution in [0.1, 0.15) is 0 Å². The molecule has 0 aliphatic rings. The highest BCUT2D eigenvalue weighted by Gasteiger charge is 2.17.